The van der Waals surface area contributed by atoms with Gasteiger partial charge in [-0.2, -0.15) is 0 Å². The lowest BCUT2D eigenvalue weighted by Gasteiger charge is -2.24. The Balaban J connectivity index is 2.32. The van der Waals surface area contributed by atoms with Crippen LogP contribution in [0.1, 0.15) is 38.7 Å². The van der Waals surface area contributed by atoms with E-state index < -0.39 is 18.3 Å². The Hall–Kier alpha value is -2.87. The molecule has 1 aliphatic rings. The topological polar surface area (TPSA) is 119 Å². The fourth-order valence-corrected chi connectivity index (χ4v) is 3.61. The molecule has 2 bridgehead atoms. The fraction of sp³-hybridized carbons (Fsp3) is 0.423. The Kier molecular flexibility index (Phi) is 10.4. The Morgan fingerprint density at radius 2 is 1.82 bits per heavy atom. The molecular formula is C26H35NO6. The van der Waals surface area contributed by atoms with Gasteiger partial charge in [0.1, 0.15) is 11.5 Å². The summed E-state index contributed by atoms with van der Waals surface area (Å²) in [6.07, 6.45) is 11.9. The quantitative estimate of drug-likeness (QED) is 0.249. The van der Waals surface area contributed by atoms with Crippen LogP contribution in [0.2, 0.25) is 0 Å². The van der Waals surface area contributed by atoms with Crippen LogP contribution in [0, 0.1) is 5.92 Å². The van der Waals surface area contributed by atoms with Gasteiger partial charge in [0, 0.05) is 19.1 Å². The van der Waals surface area contributed by atoms with E-state index in [-0.39, 0.29) is 35.4 Å². The van der Waals surface area contributed by atoms with Crippen LogP contribution in [0.3, 0.4) is 0 Å². The van der Waals surface area contributed by atoms with E-state index in [1.165, 1.54) is 19.2 Å². The van der Waals surface area contributed by atoms with Crippen LogP contribution in [0.5, 0.6) is 11.5 Å². The summed E-state index contributed by atoms with van der Waals surface area (Å²) in [6.45, 7) is 3.60. The van der Waals surface area contributed by atoms with Crippen molar-refractivity contribution in [3.05, 3.63) is 65.8 Å². The maximum atomic E-state index is 12.5. The van der Waals surface area contributed by atoms with Gasteiger partial charge in [-0.05, 0) is 43.4 Å². The zero-order valence-electron chi connectivity index (χ0n) is 19.4. The molecule has 1 aliphatic heterocycles. The highest BCUT2D eigenvalue weighted by atomic mass is 16.5. The van der Waals surface area contributed by atoms with Gasteiger partial charge in [0.05, 0.1) is 30.4 Å². The van der Waals surface area contributed by atoms with Crippen molar-refractivity contribution < 1.29 is 30.0 Å². The number of ether oxygens (including phenoxy) is 1. The van der Waals surface area contributed by atoms with Gasteiger partial charge in [0.2, 0.25) is 5.91 Å². The SMILES string of the molecule is COC1C=CC=CC=CCC(O)C(C)C(O)C(C)=CCCc2cc(O)cc(c2O)NC(=O)C1. The minimum atomic E-state index is -0.806. The number of methoxy groups -OCH3 is 1. The molecule has 0 fully saturated rings. The first-order valence-corrected chi connectivity index (χ1v) is 11.1. The van der Waals surface area contributed by atoms with Gasteiger partial charge in [-0.3, -0.25) is 4.79 Å². The number of carbonyl (C=O) groups excluding carboxylic acids is 1. The average molecular weight is 458 g/mol. The number of nitrogens with one attached hydrogen (secondary N) is 1. The standard InChI is InChI=1S/C26H35NO6/c1-17-10-9-11-19-14-20(28)15-22(26(19)32)27-24(30)16-21(33-3)12-7-5-4-6-8-13-23(29)18(2)25(17)31/h4-8,10,12,14-15,18,21,23,25,28-29,31-32H,9,11,13,16H2,1-3H3,(H,27,30). The molecule has 33 heavy (non-hydrogen) atoms. The molecule has 2 rings (SSSR count). The number of fused-ring (bicyclic) bond motifs is 2. The Morgan fingerprint density at radius 1 is 1.09 bits per heavy atom. The second kappa shape index (κ2) is 13.0. The second-order valence-corrected chi connectivity index (χ2v) is 8.32. The highest BCUT2D eigenvalue weighted by Crippen LogP contribution is 2.33. The number of aryl methyl sites for hydroxylation is 1. The normalized spacial score (nSPS) is 25.7. The number of aliphatic hydroxyl groups excluding tert-OH is 2. The van der Waals surface area contributed by atoms with Crippen LogP contribution in [0.25, 0.3) is 0 Å². The number of hydrogen-bond acceptors (Lipinski definition) is 6. The Bertz CT molecular complexity index is 918. The van der Waals surface area contributed by atoms with Gasteiger partial charge in [0.25, 0.3) is 0 Å². The predicted octanol–water partition coefficient (Wildman–Crippen LogP) is 3.75. The van der Waals surface area contributed by atoms with Crippen molar-refractivity contribution in [1.82, 2.24) is 0 Å². The molecule has 7 nitrogen and oxygen atoms in total. The van der Waals surface area contributed by atoms with Crippen LogP contribution < -0.4 is 5.32 Å². The lowest BCUT2D eigenvalue weighted by atomic mass is 9.90. The smallest absolute Gasteiger partial charge is 0.227 e. The number of phenols is 2. The Labute approximate surface area is 195 Å². The van der Waals surface area contributed by atoms with E-state index in [1.54, 1.807) is 38.2 Å². The van der Waals surface area contributed by atoms with Gasteiger partial charge in [-0.15, -0.1) is 0 Å². The van der Waals surface area contributed by atoms with Crippen molar-refractivity contribution >= 4 is 11.6 Å². The first kappa shape index (κ1) is 26.4. The van der Waals surface area contributed by atoms with Crippen LogP contribution in [-0.4, -0.2) is 51.8 Å². The fourth-order valence-electron chi connectivity index (χ4n) is 3.61. The molecule has 0 saturated heterocycles. The number of amides is 1. The molecule has 1 heterocycles. The second-order valence-electron chi connectivity index (χ2n) is 8.32. The van der Waals surface area contributed by atoms with E-state index in [1.807, 2.05) is 18.2 Å². The number of benzene rings is 1. The highest BCUT2D eigenvalue weighted by molar-refractivity contribution is 5.93. The summed E-state index contributed by atoms with van der Waals surface area (Å²) in [7, 11) is 1.50. The molecular weight excluding hydrogens is 422 g/mol. The van der Waals surface area contributed by atoms with E-state index in [9.17, 15) is 25.2 Å². The maximum Gasteiger partial charge on any atom is 0.227 e. The molecule has 1 amide bonds. The largest absolute Gasteiger partial charge is 0.508 e. The molecule has 0 aliphatic carbocycles. The van der Waals surface area contributed by atoms with Crippen LogP contribution in [-0.2, 0) is 16.0 Å². The van der Waals surface area contributed by atoms with Crippen molar-refractivity contribution in [2.75, 3.05) is 12.4 Å². The number of anilines is 1. The Morgan fingerprint density at radius 3 is 2.55 bits per heavy atom. The minimum Gasteiger partial charge on any atom is -0.508 e. The summed E-state index contributed by atoms with van der Waals surface area (Å²) in [6, 6.07) is 2.75. The minimum absolute atomic E-state index is 0.0327. The van der Waals surface area contributed by atoms with Gasteiger partial charge >= 0.3 is 0 Å². The predicted molar refractivity (Wildman–Crippen MR) is 129 cm³/mol. The molecule has 5 N–H and O–H groups in total. The summed E-state index contributed by atoms with van der Waals surface area (Å²) in [4.78, 5) is 12.5. The van der Waals surface area contributed by atoms with Crippen molar-refractivity contribution in [1.29, 1.82) is 0 Å². The third-order valence-corrected chi connectivity index (χ3v) is 5.76. The van der Waals surface area contributed by atoms with E-state index in [0.717, 1.165) is 5.57 Å². The van der Waals surface area contributed by atoms with Crippen molar-refractivity contribution in [3.63, 3.8) is 0 Å². The van der Waals surface area contributed by atoms with Gasteiger partial charge in [0.15, 0.2) is 0 Å². The molecule has 0 spiro atoms. The molecule has 0 aromatic heterocycles. The molecule has 1 aromatic carbocycles. The summed E-state index contributed by atoms with van der Waals surface area (Å²) in [5.41, 5.74) is 1.32. The summed E-state index contributed by atoms with van der Waals surface area (Å²) >= 11 is 0. The summed E-state index contributed by atoms with van der Waals surface area (Å²) in [5, 5.41) is 44.3. The van der Waals surface area contributed by atoms with Crippen LogP contribution in [0.15, 0.2) is 60.2 Å². The van der Waals surface area contributed by atoms with Crippen molar-refractivity contribution in [2.45, 2.75) is 57.8 Å². The molecule has 0 radical (unpaired) electrons. The van der Waals surface area contributed by atoms with E-state index in [0.29, 0.717) is 24.8 Å². The summed E-state index contributed by atoms with van der Waals surface area (Å²) < 4.78 is 5.33. The first-order valence-electron chi connectivity index (χ1n) is 11.1. The number of carbonyl (C=O) groups is 1. The molecule has 7 heteroatoms. The summed E-state index contributed by atoms with van der Waals surface area (Å²) in [5.74, 6) is -0.909. The van der Waals surface area contributed by atoms with Gasteiger partial charge in [-0.25, -0.2) is 0 Å². The first-order chi connectivity index (χ1) is 15.7. The van der Waals surface area contributed by atoms with Gasteiger partial charge in [-0.1, -0.05) is 49.5 Å². The number of hydrogen-bond donors (Lipinski definition) is 5. The third-order valence-electron chi connectivity index (χ3n) is 5.76. The van der Waals surface area contributed by atoms with Crippen LogP contribution in [0.4, 0.5) is 5.69 Å². The van der Waals surface area contributed by atoms with Crippen molar-refractivity contribution in [2.24, 2.45) is 5.92 Å². The number of phenolic OH excluding ortho intramolecular Hbond substituents is 2. The van der Waals surface area contributed by atoms with E-state index in [2.05, 4.69) is 5.32 Å². The number of rotatable bonds is 1. The average Bonchev–Trinajstić information content (AvgIpc) is 2.78. The zero-order valence-corrected chi connectivity index (χ0v) is 19.4. The molecule has 0 saturated carbocycles. The lowest BCUT2D eigenvalue weighted by molar-refractivity contribution is -0.117. The molecule has 4 unspecified atom stereocenters. The van der Waals surface area contributed by atoms with Crippen LogP contribution >= 0.6 is 0 Å². The molecule has 1 aromatic rings. The molecule has 4 atom stereocenters. The van der Waals surface area contributed by atoms with E-state index in [4.69, 9.17) is 4.74 Å². The maximum absolute atomic E-state index is 12.5. The number of allylic oxidation sites excluding steroid dienone is 5. The van der Waals surface area contributed by atoms with E-state index >= 15 is 0 Å². The number of aliphatic hydroxyl groups is 2. The molecule has 180 valence electrons. The lowest BCUT2D eigenvalue weighted by Crippen LogP contribution is -2.30. The zero-order chi connectivity index (χ0) is 24.4. The van der Waals surface area contributed by atoms with Gasteiger partial charge < -0.3 is 30.5 Å². The third kappa shape index (κ3) is 8.20. The monoisotopic (exact) mass is 457 g/mol. The highest BCUT2D eigenvalue weighted by Gasteiger charge is 2.23. The van der Waals surface area contributed by atoms with Crippen molar-refractivity contribution in [3.8, 4) is 11.5 Å². The number of aromatic hydroxyl groups is 2.